The maximum atomic E-state index is 10.0. The van der Waals surface area contributed by atoms with Gasteiger partial charge in [-0.05, 0) is 6.42 Å². The quantitative estimate of drug-likeness (QED) is 0.370. The standard InChI is InChI=1S/C6H13N3O2/c7-3-5-9(8)4-1-2-6(10)11/h3,5H,1-2,4,7-8H2,(H,10,11)/b5-3-. The van der Waals surface area contributed by atoms with Crippen LogP contribution in [0.4, 0.5) is 0 Å². The zero-order chi connectivity index (χ0) is 8.69. The lowest BCUT2D eigenvalue weighted by molar-refractivity contribution is -0.137. The molecule has 0 saturated carbocycles. The van der Waals surface area contributed by atoms with Crippen LogP contribution in [0, 0.1) is 0 Å². The second-order valence-corrected chi connectivity index (χ2v) is 2.08. The Morgan fingerprint density at radius 3 is 2.73 bits per heavy atom. The molecule has 0 unspecified atom stereocenters. The molecule has 0 aliphatic heterocycles. The third kappa shape index (κ3) is 6.66. The normalized spacial score (nSPS) is 10.3. The van der Waals surface area contributed by atoms with Gasteiger partial charge in [-0.15, -0.1) is 0 Å². The molecule has 0 amide bonds. The first kappa shape index (κ1) is 9.77. The molecule has 0 fully saturated rings. The average Bonchev–Trinajstić information content (AvgIpc) is 1.87. The number of hydrogen-bond donors (Lipinski definition) is 3. The van der Waals surface area contributed by atoms with Gasteiger partial charge in [-0.2, -0.15) is 0 Å². The van der Waals surface area contributed by atoms with Crippen molar-refractivity contribution in [1.82, 2.24) is 5.01 Å². The van der Waals surface area contributed by atoms with Crippen molar-refractivity contribution in [3.8, 4) is 0 Å². The molecule has 11 heavy (non-hydrogen) atoms. The molecule has 0 rings (SSSR count). The molecule has 5 nitrogen and oxygen atoms in total. The highest BCUT2D eigenvalue weighted by Gasteiger charge is 1.97. The lowest BCUT2D eigenvalue weighted by atomic mass is 10.3. The summed E-state index contributed by atoms with van der Waals surface area (Å²) in [6.07, 6.45) is 3.45. The minimum atomic E-state index is -0.810. The van der Waals surface area contributed by atoms with Gasteiger partial charge in [0.25, 0.3) is 0 Å². The number of hydrogen-bond acceptors (Lipinski definition) is 4. The van der Waals surface area contributed by atoms with Crippen LogP contribution in [0.5, 0.6) is 0 Å². The van der Waals surface area contributed by atoms with Crippen molar-refractivity contribution in [3.63, 3.8) is 0 Å². The maximum absolute atomic E-state index is 10.0. The van der Waals surface area contributed by atoms with E-state index in [1.807, 2.05) is 0 Å². The molecule has 0 heterocycles. The van der Waals surface area contributed by atoms with E-state index in [4.69, 9.17) is 16.7 Å². The first-order valence-corrected chi connectivity index (χ1v) is 3.28. The van der Waals surface area contributed by atoms with Gasteiger partial charge in [-0.3, -0.25) is 4.79 Å². The fourth-order valence-electron chi connectivity index (χ4n) is 0.598. The van der Waals surface area contributed by atoms with Gasteiger partial charge in [0.15, 0.2) is 0 Å². The third-order valence-corrected chi connectivity index (χ3v) is 1.08. The Morgan fingerprint density at radius 1 is 1.64 bits per heavy atom. The van der Waals surface area contributed by atoms with Gasteiger partial charge in [-0.25, -0.2) is 5.84 Å². The molecule has 0 aromatic heterocycles. The second-order valence-electron chi connectivity index (χ2n) is 2.08. The smallest absolute Gasteiger partial charge is 0.303 e. The molecule has 5 heteroatoms. The lowest BCUT2D eigenvalue weighted by Gasteiger charge is -2.10. The molecule has 0 aliphatic carbocycles. The summed E-state index contributed by atoms with van der Waals surface area (Å²) in [4.78, 5) is 10.0. The maximum Gasteiger partial charge on any atom is 0.303 e. The molecule has 0 spiro atoms. The van der Waals surface area contributed by atoms with Gasteiger partial charge >= 0.3 is 5.97 Å². The van der Waals surface area contributed by atoms with Crippen LogP contribution in [0.25, 0.3) is 0 Å². The predicted molar refractivity (Wildman–Crippen MR) is 41.1 cm³/mol. The summed E-state index contributed by atoms with van der Waals surface area (Å²) in [5.74, 6) is 4.53. The molecule has 64 valence electrons. The molecule has 0 aromatic carbocycles. The summed E-state index contributed by atoms with van der Waals surface area (Å²) >= 11 is 0. The number of carbonyl (C=O) groups is 1. The fraction of sp³-hybridized carbons (Fsp3) is 0.500. The van der Waals surface area contributed by atoms with Crippen LogP contribution >= 0.6 is 0 Å². The number of hydrazine groups is 1. The summed E-state index contributed by atoms with van der Waals surface area (Å²) in [6.45, 7) is 0.500. The van der Waals surface area contributed by atoms with E-state index in [0.29, 0.717) is 13.0 Å². The van der Waals surface area contributed by atoms with Crippen molar-refractivity contribution >= 4 is 5.97 Å². The molecular formula is C6H13N3O2. The minimum absolute atomic E-state index is 0.131. The van der Waals surface area contributed by atoms with Crippen molar-refractivity contribution in [3.05, 3.63) is 12.4 Å². The van der Waals surface area contributed by atoms with E-state index in [1.54, 1.807) is 0 Å². The molecule has 0 aromatic rings. The van der Waals surface area contributed by atoms with Gasteiger partial charge in [0, 0.05) is 25.4 Å². The molecule has 0 atom stereocenters. The highest BCUT2D eigenvalue weighted by molar-refractivity contribution is 5.66. The zero-order valence-corrected chi connectivity index (χ0v) is 6.23. The first-order chi connectivity index (χ1) is 5.16. The Balaban J connectivity index is 3.31. The SMILES string of the molecule is N/C=C\N(N)CCCC(=O)O. The molecule has 0 saturated heterocycles. The van der Waals surface area contributed by atoms with E-state index in [-0.39, 0.29) is 6.42 Å². The van der Waals surface area contributed by atoms with Gasteiger partial charge < -0.3 is 15.8 Å². The van der Waals surface area contributed by atoms with E-state index in [1.165, 1.54) is 17.4 Å². The van der Waals surface area contributed by atoms with Crippen LogP contribution in [0.2, 0.25) is 0 Å². The molecule has 0 radical (unpaired) electrons. The first-order valence-electron chi connectivity index (χ1n) is 3.28. The highest BCUT2D eigenvalue weighted by Crippen LogP contribution is 1.90. The van der Waals surface area contributed by atoms with Crippen LogP contribution in [-0.2, 0) is 4.79 Å². The van der Waals surface area contributed by atoms with Crippen molar-refractivity contribution < 1.29 is 9.90 Å². The molecule has 0 aliphatic rings. The predicted octanol–water partition coefficient (Wildman–Crippen LogP) is -0.543. The van der Waals surface area contributed by atoms with Crippen LogP contribution in [0.15, 0.2) is 12.4 Å². The van der Waals surface area contributed by atoms with Crippen molar-refractivity contribution in [1.29, 1.82) is 0 Å². The molecular weight excluding hydrogens is 146 g/mol. The Hall–Kier alpha value is -1.23. The van der Waals surface area contributed by atoms with Gasteiger partial charge in [0.05, 0.1) is 0 Å². The van der Waals surface area contributed by atoms with Crippen LogP contribution in [0.1, 0.15) is 12.8 Å². The number of carboxylic acids is 1. The molecule has 5 N–H and O–H groups in total. The Kier molecular flexibility index (Phi) is 4.93. The number of aliphatic carboxylic acids is 1. The number of rotatable bonds is 5. The number of carboxylic acid groups (broad SMARTS) is 1. The minimum Gasteiger partial charge on any atom is -0.481 e. The van der Waals surface area contributed by atoms with E-state index in [2.05, 4.69) is 0 Å². The molecule has 0 bridgehead atoms. The van der Waals surface area contributed by atoms with Gasteiger partial charge in [0.2, 0.25) is 0 Å². The topological polar surface area (TPSA) is 92.6 Å². The van der Waals surface area contributed by atoms with E-state index < -0.39 is 5.97 Å². The van der Waals surface area contributed by atoms with Crippen molar-refractivity contribution in [2.75, 3.05) is 6.54 Å². The number of nitrogens with two attached hydrogens (primary N) is 2. The average molecular weight is 159 g/mol. The van der Waals surface area contributed by atoms with E-state index >= 15 is 0 Å². The summed E-state index contributed by atoms with van der Waals surface area (Å²) in [6, 6.07) is 0. The Bertz CT molecular complexity index is 147. The van der Waals surface area contributed by atoms with E-state index in [9.17, 15) is 4.79 Å². The van der Waals surface area contributed by atoms with Gasteiger partial charge in [0.1, 0.15) is 0 Å². The van der Waals surface area contributed by atoms with Crippen LogP contribution < -0.4 is 11.6 Å². The summed E-state index contributed by atoms with van der Waals surface area (Å²) < 4.78 is 0. The fourth-order valence-corrected chi connectivity index (χ4v) is 0.598. The Labute approximate surface area is 65.2 Å². The van der Waals surface area contributed by atoms with Crippen LogP contribution in [-0.4, -0.2) is 22.6 Å². The zero-order valence-electron chi connectivity index (χ0n) is 6.23. The third-order valence-electron chi connectivity index (χ3n) is 1.08. The largest absolute Gasteiger partial charge is 0.481 e. The lowest BCUT2D eigenvalue weighted by Crippen LogP contribution is -2.26. The summed E-state index contributed by atoms with van der Waals surface area (Å²) in [7, 11) is 0. The van der Waals surface area contributed by atoms with E-state index in [0.717, 1.165) is 0 Å². The Morgan fingerprint density at radius 2 is 2.27 bits per heavy atom. The van der Waals surface area contributed by atoms with Crippen molar-refractivity contribution in [2.45, 2.75) is 12.8 Å². The monoisotopic (exact) mass is 159 g/mol. The van der Waals surface area contributed by atoms with Crippen molar-refractivity contribution in [2.24, 2.45) is 11.6 Å². The number of nitrogens with zero attached hydrogens (tertiary/aromatic N) is 1. The summed E-state index contributed by atoms with van der Waals surface area (Å²) in [5, 5.41) is 9.60. The summed E-state index contributed by atoms with van der Waals surface area (Å²) in [5.41, 5.74) is 5.04. The van der Waals surface area contributed by atoms with Gasteiger partial charge in [-0.1, -0.05) is 0 Å². The second kappa shape index (κ2) is 5.55. The highest BCUT2D eigenvalue weighted by atomic mass is 16.4. The van der Waals surface area contributed by atoms with Crippen LogP contribution in [0.3, 0.4) is 0 Å².